The van der Waals surface area contributed by atoms with Crippen LogP contribution in [0.1, 0.15) is 54.6 Å². The molecule has 1 aliphatic rings. The number of benzene rings is 1. The van der Waals surface area contributed by atoms with E-state index in [-0.39, 0.29) is 23.7 Å². The Morgan fingerprint density at radius 3 is 2.87 bits per heavy atom. The molecular formula is C22H24BrFN4O2. The highest BCUT2D eigenvalue weighted by Gasteiger charge is 2.34. The van der Waals surface area contributed by atoms with Crippen LogP contribution in [-0.4, -0.2) is 20.8 Å². The smallest absolute Gasteiger partial charge is 0.279 e. The summed E-state index contributed by atoms with van der Waals surface area (Å²) in [6, 6.07) is 6.54. The van der Waals surface area contributed by atoms with Crippen LogP contribution in [0.4, 0.5) is 10.2 Å². The number of hydrogen-bond acceptors (Lipinski definition) is 4. The van der Waals surface area contributed by atoms with Crippen LogP contribution in [0, 0.1) is 17.2 Å². The Hall–Kier alpha value is -2.48. The fourth-order valence-corrected chi connectivity index (χ4v) is 4.27. The molecule has 0 aliphatic heterocycles. The van der Waals surface area contributed by atoms with Gasteiger partial charge in [-0.1, -0.05) is 44.1 Å². The van der Waals surface area contributed by atoms with Gasteiger partial charge < -0.3 is 9.84 Å². The summed E-state index contributed by atoms with van der Waals surface area (Å²) in [5, 5.41) is 11.2. The summed E-state index contributed by atoms with van der Waals surface area (Å²) >= 11 is 3.42. The van der Waals surface area contributed by atoms with Gasteiger partial charge in [0.25, 0.3) is 5.91 Å². The van der Waals surface area contributed by atoms with Gasteiger partial charge in [-0.2, -0.15) is 5.10 Å². The molecule has 0 fully saturated rings. The van der Waals surface area contributed by atoms with E-state index in [1.54, 1.807) is 29.1 Å². The molecule has 0 saturated carbocycles. The molecule has 8 heteroatoms. The Kier molecular flexibility index (Phi) is 5.53. The van der Waals surface area contributed by atoms with Gasteiger partial charge in [0, 0.05) is 23.7 Å². The van der Waals surface area contributed by atoms with E-state index in [0.29, 0.717) is 27.5 Å². The second-order valence-electron chi connectivity index (χ2n) is 8.81. The summed E-state index contributed by atoms with van der Waals surface area (Å²) in [4.78, 5) is 12.9. The lowest BCUT2D eigenvalue weighted by molar-refractivity contribution is 0.101. The lowest BCUT2D eigenvalue weighted by Crippen LogP contribution is -2.27. The molecule has 0 radical (unpaired) electrons. The van der Waals surface area contributed by atoms with Gasteiger partial charge >= 0.3 is 0 Å². The number of nitrogens with one attached hydrogen (secondary N) is 1. The number of hydrogen-bond donors (Lipinski definition) is 1. The zero-order valence-corrected chi connectivity index (χ0v) is 18.8. The summed E-state index contributed by atoms with van der Waals surface area (Å²) in [5.74, 6) is 0.965. The average Bonchev–Trinajstić information content (AvgIpc) is 3.26. The zero-order valence-electron chi connectivity index (χ0n) is 17.2. The maximum absolute atomic E-state index is 13.9. The third-order valence-corrected chi connectivity index (χ3v) is 6.30. The first-order valence-electron chi connectivity index (χ1n) is 9.97. The van der Waals surface area contributed by atoms with Crippen molar-refractivity contribution in [3.8, 4) is 0 Å². The molecule has 2 aromatic heterocycles. The maximum Gasteiger partial charge on any atom is 0.279 e. The normalized spacial score (nSPS) is 16.4. The summed E-state index contributed by atoms with van der Waals surface area (Å²) < 4.78 is 21.5. The van der Waals surface area contributed by atoms with E-state index >= 15 is 0 Å². The van der Waals surface area contributed by atoms with E-state index in [0.717, 1.165) is 30.6 Å². The van der Waals surface area contributed by atoms with E-state index < -0.39 is 0 Å². The largest absolute Gasteiger partial charge is 0.360 e. The van der Waals surface area contributed by atoms with Crippen molar-refractivity contribution in [3.05, 3.63) is 63.3 Å². The van der Waals surface area contributed by atoms with Gasteiger partial charge in [-0.3, -0.25) is 9.48 Å². The summed E-state index contributed by atoms with van der Waals surface area (Å²) in [5.41, 5.74) is 1.87. The van der Waals surface area contributed by atoms with Crippen molar-refractivity contribution >= 4 is 27.7 Å². The molecule has 158 valence electrons. The molecule has 1 aromatic carbocycles. The Bertz CT molecular complexity index is 1080. The Morgan fingerprint density at radius 1 is 1.37 bits per heavy atom. The number of nitrogens with zero attached hydrogens (tertiary/aromatic N) is 3. The number of fused-ring (bicyclic) bond motifs is 1. The fraction of sp³-hybridized carbons (Fsp3) is 0.409. The Balaban J connectivity index is 1.51. The molecule has 6 nitrogen and oxygen atoms in total. The molecular weight excluding hydrogens is 451 g/mol. The second kappa shape index (κ2) is 7.98. The van der Waals surface area contributed by atoms with Gasteiger partial charge in [-0.15, -0.1) is 0 Å². The highest BCUT2D eigenvalue weighted by atomic mass is 79.9. The van der Waals surface area contributed by atoms with Crippen LogP contribution in [0.25, 0.3) is 0 Å². The molecule has 1 atom stereocenters. The second-order valence-corrected chi connectivity index (χ2v) is 9.66. The van der Waals surface area contributed by atoms with Crippen molar-refractivity contribution in [2.24, 2.45) is 11.3 Å². The number of carbonyl (C=O) groups is 1. The van der Waals surface area contributed by atoms with Crippen molar-refractivity contribution < 1.29 is 13.7 Å². The van der Waals surface area contributed by atoms with Gasteiger partial charge in [-0.05, 0) is 46.2 Å². The SMILES string of the molecule is CC(C)(C)C1CCc2onc(C(=O)Nc3nn(Cc4ccccc4F)cc3Br)c2C1. The van der Waals surface area contributed by atoms with Crippen molar-refractivity contribution in [1.82, 2.24) is 14.9 Å². The monoisotopic (exact) mass is 474 g/mol. The van der Waals surface area contributed by atoms with Gasteiger partial charge in [0.1, 0.15) is 11.6 Å². The molecule has 3 aromatic rings. The number of aryl methyl sites for hydroxylation is 1. The highest BCUT2D eigenvalue weighted by Crippen LogP contribution is 2.38. The summed E-state index contributed by atoms with van der Waals surface area (Å²) in [6.07, 6.45) is 4.29. The molecule has 4 rings (SSSR count). The maximum atomic E-state index is 13.9. The third-order valence-electron chi connectivity index (χ3n) is 5.72. The molecule has 2 heterocycles. The van der Waals surface area contributed by atoms with Gasteiger partial charge in [0.05, 0.1) is 11.0 Å². The van der Waals surface area contributed by atoms with Crippen molar-refractivity contribution in [1.29, 1.82) is 0 Å². The fourth-order valence-electron chi connectivity index (χ4n) is 3.85. The molecule has 1 N–H and O–H groups in total. The zero-order chi connectivity index (χ0) is 21.5. The van der Waals surface area contributed by atoms with Crippen LogP contribution >= 0.6 is 15.9 Å². The number of aromatic nitrogens is 3. The minimum Gasteiger partial charge on any atom is -0.360 e. The molecule has 30 heavy (non-hydrogen) atoms. The van der Waals surface area contributed by atoms with Crippen LogP contribution in [0.2, 0.25) is 0 Å². The third kappa shape index (κ3) is 4.19. The van der Waals surface area contributed by atoms with Crippen LogP contribution in [0.15, 0.2) is 39.5 Å². The topological polar surface area (TPSA) is 73.0 Å². The quantitative estimate of drug-likeness (QED) is 0.562. The van der Waals surface area contributed by atoms with Crippen LogP contribution in [-0.2, 0) is 19.4 Å². The van der Waals surface area contributed by atoms with Crippen molar-refractivity contribution in [3.63, 3.8) is 0 Å². The number of anilines is 1. The molecule has 0 bridgehead atoms. The predicted molar refractivity (Wildman–Crippen MR) is 115 cm³/mol. The average molecular weight is 475 g/mol. The first-order valence-corrected chi connectivity index (χ1v) is 10.8. The summed E-state index contributed by atoms with van der Waals surface area (Å²) in [6.45, 7) is 6.91. The first-order chi connectivity index (χ1) is 14.2. The van der Waals surface area contributed by atoms with Gasteiger partial charge in [-0.25, -0.2) is 4.39 Å². The van der Waals surface area contributed by atoms with E-state index in [4.69, 9.17) is 4.52 Å². The number of rotatable bonds is 4. The lowest BCUT2D eigenvalue weighted by atomic mass is 9.71. The van der Waals surface area contributed by atoms with Crippen molar-refractivity contribution in [2.45, 2.75) is 46.6 Å². The van der Waals surface area contributed by atoms with Crippen LogP contribution < -0.4 is 5.32 Å². The lowest BCUT2D eigenvalue weighted by Gasteiger charge is -2.33. The van der Waals surface area contributed by atoms with Gasteiger partial charge in [0.2, 0.25) is 0 Å². The van der Waals surface area contributed by atoms with Crippen LogP contribution in [0.3, 0.4) is 0 Å². The minimum atomic E-state index is -0.355. The molecule has 1 aliphatic carbocycles. The van der Waals surface area contributed by atoms with Crippen LogP contribution in [0.5, 0.6) is 0 Å². The van der Waals surface area contributed by atoms with Gasteiger partial charge in [0.15, 0.2) is 11.5 Å². The minimum absolute atomic E-state index is 0.150. The number of carbonyl (C=O) groups excluding carboxylic acids is 1. The Labute approximate surface area is 183 Å². The van der Waals surface area contributed by atoms with Crippen molar-refractivity contribution in [2.75, 3.05) is 5.32 Å². The van der Waals surface area contributed by atoms with E-state index in [9.17, 15) is 9.18 Å². The molecule has 0 spiro atoms. The first kappa shape index (κ1) is 20.8. The standard InChI is InChI=1S/C22H24BrFN4O2/c1-22(2,3)14-8-9-18-15(10-14)19(27-30-18)21(29)25-20-16(23)12-28(26-20)11-13-6-4-5-7-17(13)24/h4-7,12,14H,8-11H2,1-3H3,(H,25,26,29). The summed E-state index contributed by atoms with van der Waals surface area (Å²) in [7, 11) is 0. The number of halogens is 2. The van der Waals surface area contributed by atoms with E-state index in [1.165, 1.54) is 6.07 Å². The van der Waals surface area contributed by atoms with E-state index in [1.807, 2.05) is 0 Å². The molecule has 1 unspecified atom stereocenters. The number of amides is 1. The highest BCUT2D eigenvalue weighted by molar-refractivity contribution is 9.10. The molecule has 1 amide bonds. The molecule has 0 saturated heterocycles. The predicted octanol–water partition coefficient (Wildman–Crippen LogP) is 5.22. The Morgan fingerprint density at radius 2 is 2.13 bits per heavy atom. The van der Waals surface area contributed by atoms with E-state index in [2.05, 4.69) is 52.3 Å².